The lowest BCUT2D eigenvalue weighted by Gasteiger charge is -2.37. The number of nitrogens with zero attached hydrogens (tertiary/aromatic N) is 3. The van der Waals surface area contributed by atoms with Crippen LogP contribution in [0.1, 0.15) is 5.69 Å². The van der Waals surface area contributed by atoms with Crippen molar-refractivity contribution in [3.8, 4) is 0 Å². The first-order valence-corrected chi connectivity index (χ1v) is 7.51. The maximum absolute atomic E-state index is 4.39. The second kappa shape index (κ2) is 6.59. The number of pyridine rings is 1. The Morgan fingerprint density at radius 2 is 1.62 bits per heavy atom. The lowest BCUT2D eigenvalue weighted by Crippen LogP contribution is -2.46. The van der Waals surface area contributed by atoms with E-state index in [2.05, 4.69) is 62.6 Å². The topological polar surface area (TPSA) is 31.4 Å². The SMILES string of the molecule is CNCc1cc(N2CCN(c3ccccc3)CC2)ccn1. The van der Waals surface area contributed by atoms with Gasteiger partial charge in [-0.15, -0.1) is 0 Å². The predicted octanol–water partition coefficient (Wildman–Crippen LogP) is 2.13. The summed E-state index contributed by atoms with van der Waals surface area (Å²) in [4.78, 5) is 9.28. The summed E-state index contributed by atoms with van der Waals surface area (Å²) in [7, 11) is 1.95. The van der Waals surface area contributed by atoms with E-state index < -0.39 is 0 Å². The van der Waals surface area contributed by atoms with E-state index in [1.807, 2.05) is 13.2 Å². The molecule has 21 heavy (non-hydrogen) atoms. The monoisotopic (exact) mass is 282 g/mol. The third kappa shape index (κ3) is 3.34. The fourth-order valence-corrected chi connectivity index (χ4v) is 2.80. The van der Waals surface area contributed by atoms with Crippen molar-refractivity contribution in [1.29, 1.82) is 0 Å². The minimum Gasteiger partial charge on any atom is -0.368 e. The van der Waals surface area contributed by atoms with E-state index in [0.717, 1.165) is 38.4 Å². The number of para-hydroxylation sites is 1. The molecule has 0 bridgehead atoms. The number of rotatable bonds is 4. The molecule has 1 aromatic carbocycles. The van der Waals surface area contributed by atoms with Gasteiger partial charge in [0.15, 0.2) is 0 Å². The Bertz CT molecular complexity index is 562. The zero-order chi connectivity index (χ0) is 14.5. The molecule has 0 spiro atoms. The second-order valence-corrected chi connectivity index (χ2v) is 5.35. The Balaban J connectivity index is 1.64. The van der Waals surface area contributed by atoms with E-state index in [9.17, 15) is 0 Å². The number of hydrogen-bond acceptors (Lipinski definition) is 4. The van der Waals surface area contributed by atoms with Crippen molar-refractivity contribution >= 4 is 11.4 Å². The van der Waals surface area contributed by atoms with Crippen LogP contribution in [-0.2, 0) is 6.54 Å². The second-order valence-electron chi connectivity index (χ2n) is 5.35. The van der Waals surface area contributed by atoms with Gasteiger partial charge < -0.3 is 15.1 Å². The molecule has 1 saturated heterocycles. The number of nitrogens with one attached hydrogen (secondary N) is 1. The summed E-state index contributed by atoms with van der Waals surface area (Å²) >= 11 is 0. The number of aromatic nitrogens is 1. The van der Waals surface area contributed by atoms with Gasteiger partial charge in [-0.05, 0) is 31.3 Å². The van der Waals surface area contributed by atoms with Gasteiger partial charge >= 0.3 is 0 Å². The van der Waals surface area contributed by atoms with Crippen LogP contribution in [0.5, 0.6) is 0 Å². The van der Waals surface area contributed by atoms with Crippen LogP contribution in [0.4, 0.5) is 11.4 Å². The maximum Gasteiger partial charge on any atom is 0.0562 e. The third-order valence-electron chi connectivity index (χ3n) is 3.92. The predicted molar refractivity (Wildman–Crippen MR) is 87.9 cm³/mol. The van der Waals surface area contributed by atoms with Crippen LogP contribution in [0.3, 0.4) is 0 Å². The molecule has 0 radical (unpaired) electrons. The molecule has 110 valence electrons. The van der Waals surface area contributed by atoms with Gasteiger partial charge in [0.25, 0.3) is 0 Å². The summed E-state index contributed by atoms with van der Waals surface area (Å²) in [5.41, 5.74) is 3.70. The fourth-order valence-electron chi connectivity index (χ4n) is 2.80. The zero-order valence-electron chi connectivity index (χ0n) is 12.5. The highest BCUT2D eigenvalue weighted by atomic mass is 15.3. The van der Waals surface area contributed by atoms with Gasteiger partial charge in [0.1, 0.15) is 0 Å². The van der Waals surface area contributed by atoms with E-state index in [1.54, 1.807) is 0 Å². The van der Waals surface area contributed by atoms with Gasteiger partial charge in [0, 0.05) is 50.3 Å². The third-order valence-corrected chi connectivity index (χ3v) is 3.92. The van der Waals surface area contributed by atoms with Crippen molar-refractivity contribution in [3.05, 3.63) is 54.4 Å². The van der Waals surface area contributed by atoms with E-state index in [1.165, 1.54) is 11.4 Å². The van der Waals surface area contributed by atoms with Crippen molar-refractivity contribution in [2.24, 2.45) is 0 Å². The Labute approximate surface area is 126 Å². The zero-order valence-corrected chi connectivity index (χ0v) is 12.5. The quantitative estimate of drug-likeness (QED) is 0.931. The summed E-state index contributed by atoms with van der Waals surface area (Å²) in [5, 5.41) is 3.15. The molecule has 1 aliphatic rings. The molecule has 2 heterocycles. The van der Waals surface area contributed by atoms with Crippen LogP contribution in [0.15, 0.2) is 48.7 Å². The van der Waals surface area contributed by atoms with Crippen LogP contribution in [0.2, 0.25) is 0 Å². The minimum absolute atomic E-state index is 0.817. The summed E-state index contributed by atoms with van der Waals surface area (Å²) in [6.07, 6.45) is 1.91. The van der Waals surface area contributed by atoms with Gasteiger partial charge in [-0.1, -0.05) is 18.2 Å². The summed E-state index contributed by atoms with van der Waals surface area (Å²) in [5.74, 6) is 0. The van der Waals surface area contributed by atoms with E-state index in [4.69, 9.17) is 0 Å². The molecule has 4 heteroatoms. The lowest BCUT2D eigenvalue weighted by molar-refractivity contribution is 0.652. The summed E-state index contributed by atoms with van der Waals surface area (Å²) < 4.78 is 0. The molecule has 1 aromatic heterocycles. The molecule has 1 fully saturated rings. The van der Waals surface area contributed by atoms with Crippen molar-refractivity contribution in [1.82, 2.24) is 10.3 Å². The standard InChI is InChI=1S/C17H22N4/c1-18-14-15-13-17(7-8-19-15)21-11-9-20(10-12-21)16-5-3-2-4-6-16/h2-8,13,18H,9-12,14H2,1H3. The van der Waals surface area contributed by atoms with Crippen molar-refractivity contribution in [2.75, 3.05) is 43.0 Å². The van der Waals surface area contributed by atoms with Gasteiger partial charge in [-0.3, -0.25) is 4.98 Å². The first-order valence-electron chi connectivity index (χ1n) is 7.51. The number of anilines is 2. The number of hydrogen-bond donors (Lipinski definition) is 1. The van der Waals surface area contributed by atoms with Crippen LogP contribution in [0, 0.1) is 0 Å². The van der Waals surface area contributed by atoms with Gasteiger partial charge in [-0.25, -0.2) is 0 Å². The van der Waals surface area contributed by atoms with Crippen LogP contribution < -0.4 is 15.1 Å². The number of piperazine rings is 1. The largest absolute Gasteiger partial charge is 0.368 e. The summed E-state index contributed by atoms with van der Waals surface area (Å²) in [6.45, 7) is 5.05. The molecule has 0 unspecified atom stereocenters. The molecular formula is C17H22N4. The van der Waals surface area contributed by atoms with Gasteiger partial charge in [0.05, 0.1) is 5.69 Å². The fraction of sp³-hybridized carbons (Fsp3) is 0.353. The first-order chi connectivity index (χ1) is 10.4. The first kappa shape index (κ1) is 13.9. The van der Waals surface area contributed by atoms with Crippen molar-refractivity contribution < 1.29 is 0 Å². The molecule has 0 atom stereocenters. The van der Waals surface area contributed by atoms with Gasteiger partial charge in [0.2, 0.25) is 0 Å². The van der Waals surface area contributed by atoms with E-state index >= 15 is 0 Å². The average molecular weight is 282 g/mol. The maximum atomic E-state index is 4.39. The summed E-state index contributed by atoms with van der Waals surface area (Å²) in [6, 6.07) is 15.0. The minimum atomic E-state index is 0.817. The average Bonchev–Trinajstić information content (AvgIpc) is 2.56. The molecular weight excluding hydrogens is 260 g/mol. The van der Waals surface area contributed by atoms with E-state index in [0.29, 0.717) is 0 Å². The number of benzene rings is 1. The smallest absolute Gasteiger partial charge is 0.0562 e. The van der Waals surface area contributed by atoms with E-state index in [-0.39, 0.29) is 0 Å². The Morgan fingerprint density at radius 3 is 2.29 bits per heavy atom. The molecule has 0 saturated carbocycles. The Morgan fingerprint density at radius 1 is 0.952 bits per heavy atom. The Hall–Kier alpha value is -2.07. The molecule has 3 rings (SSSR count). The molecule has 0 aliphatic carbocycles. The van der Waals surface area contributed by atoms with Crippen LogP contribution >= 0.6 is 0 Å². The van der Waals surface area contributed by atoms with Crippen molar-refractivity contribution in [3.63, 3.8) is 0 Å². The molecule has 1 aliphatic heterocycles. The van der Waals surface area contributed by atoms with Crippen LogP contribution in [0.25, 0.3) is 0 Å². The molecule has 0 amide bonds. The van der Waals surface area contributed by atoms with Crippen LogP contribution in [-0.4, -0.2) is 38.2 Å². The highest BCUT2D eigenvalue weighted by Gasteiger charge is 2.17. The molecule has 1 N–H and O–H groups in total. The normalized spacial score (nSPS) is 15.3. The molecule has 2 aromatic rings. The molecule has 4 nitrogen and oxygen atoms in total. The lowest BCUT2D eigenvalue weighted by atomic mass is 10.2. The van der Waals surface area contributed by atoms with Gasteiger partial charge in [-0.2, -0.15) is 0 Å². The Kier molecular flexibility index (Phi) is 4.36. The highest BCUT2D eigenvalue weighted by molar-refractivity contribution is 5.51. The van der Waals surface area contributed by atoms with Crippen molar-refractivity contribution in [2.45, 2.75) is 6.54 Å². The highest BCUT2D eigenvalue weighted by Crippen LogP contribution is 2.20.